The molecule has 1 heterocycles. The van der Waals surface area contributed by atoms with Gasteiger partial charge >= 0.3 is 0 Å². The summed E-state index contributed by atoms with van der Waals surface area (Å²) in [4.78, 5) is 8.11. The largest absolute Gasteiger partial charge is 0.370 e. The van der Waals surface area contributed by atoms with Crippen LogP contribution in [0.15, 0.2) is 35.5 Å². The summed E-state index contributed by atoms with van der Waals surface area (Å²) >= 11 is 0. The molecule has 0 aliphatic rings. The van der Waals surface area contributed by atoms with Crippen molar-refractivity contribution in [3.63, 3.8) is 0 Å². The van der Waals surface area contributed by atoms with Gasteiger partial charge in [-0.15, -0.1) is 0 Å². The van der Waals surface area contributed by atoms with Crippen LogP contribution in [0, 0.1) is 6.92 Å². The van der Waals surface area contributed by atoms with Crippen molar-refractivity contribution in [3.05, 3.63) is 36.0 Å². The molecule has 0 amide bonds. The SMILES string of the molecule is Cc1ccc2c(N=C(N)N)nccc2c1. The molecule has 0 saturated carbocycles. The Morgan fingerprint density at radius 3 is 2.80 bits per heavy atom. The molecule has 0 spiro atoms. The molecule has 76 valence electrons. The van der Waals surface area contributed by atoms with E-state index in [2.05, 4.69) is 16.0 Å². The summed E-state index contributed by atoms with van der Waals surface area (Å²) in [5.41, 5.74) is 11.9. The minimum Gasteiger partial charge on any atom is -0.370 e. The molecule has 0 atom stereocenters. The van der Waals surface area contributed by atoms with E-state index in [1.54, 1.807) is 6.20 Å². The molecule has 1 aromatic heterocycles. The van der Waals surface area contributed by atoms with E-state index in [0.717, 1.165) is 10.8 Å². The van der Waals surface area contributed by atoms with Crippen molar-refractivity contribution in [1.82, 2.24) is 4.98 Å². The highest BCUT2D eigenvalue weighted by Crippen LogP contribution is 2.23. The highest BCUT2D eigenvalue weighted by molar-refractivity contribution is 5.93. The van der Waals surface area contributed by atoms with Gasteiger partial charge in [0, 0.05) is 11.6 Å². The van der Waals surface area contributed by atoms with Crippen molar-refractivity contribution in [1.29, 1.82) is 0 Å². The van der Waals surface area contributed by atoms with Crippen LogP contribution in [0.5, 0.6) is 0 Å². The minimum absolute atomic E-state index is 0.0237. The average molecular weight is 200 g/mol. The molecule has 0 bridgehead atoms. The summed E-state index contributed by atoms with van der Waals surface area (Å²) in [5, 5.41) is 2.04. The number of guanidine groups is 1. The lowest BCUT2D eigenvalue weighted by Crippen LogP contribution is -2.22. The number of benzene rings is 1. The predicted molar refractivity (Wildman–Crippen MR) is 61.9 cm³/mol. The molecule has 0 aliphatic heterocycles. The maximum Gasteiger partial charge on any atom is 0.192 e. The number of hydrogen-bond acceptors (Lipinski definition) is 2. The summed E-state index contributed by atoms with van der Waals surface area (Å²) in [6.45, 7) is 2.04. The monoisotopic (exact) mass is 200 g/mol. The van der Waals surface area contributed by atoms with Crippen LogP contribution in [0.4, 0.5) is 5.82 Å². The zero-order valence-corrected chi connectivity index (χ0v) is 8.44. The molecule has 0 saturated heterocycles. The number of pyridine rings is 1. The van der Waals surface area contributed by atoms with Gasteiger partial charge in [-0.1, -0.05) is 23.8 Å². The highest BCUT2D eigenvalue weighted by atomic mass is 15.0. The highest BCUT2D eigenvalue weighted by Gasteiger charge is 2.00. The van der Waals surface area contributed by atoms with E-state index in [-0.39, 0.29) is 5.96 Å². The van der Waals surface area contributed by atoms with Gasteiger partial charge in [0.2, 0.25) is 0 Å². The summed E-state index contributed by atoms with van der Waals surface area (Å²) < 4.78 is 0. The lowest BCUT2D eigenvalue weighted by Gasteiger charge is -2.02. The van der Waals surface area contributed by atoms with Gasteiger partial charge in [-0.05, 0) is 18.4 Å². The first-order chi connectivity index (χ1) is 7.16. The van der Waals surface area contributed by atoms with Crippen LogP contribution >= 0.6 is 0 Å². The molecule has 15 heavy (non-hydrogen) atoms. The molecule has 0 unspecified atom stereocenters. The Labute approximate surface area is 87.6 Å². The Balaban J connectivity index is 2.71. The number of rotatable bonds is 1. The Kier molecular flexibility index (Phi) is 2.25. The summed E-state index contributed by atoms with van der Waals surface area (Å²) in [6.07, 6.45) is 1.70. The van der Waals surface area contributed by atoms with Crippen molar-refractivity contribution < 1.29 is 0 Å². The predicted octanol–water partition coefficient (Wildman–Crippen LogP) is 1.45. The molecule has 0 aliphatic carbocycles. The Morgan fingerprint density at radius 1 is 1.27 bits per heavy atom. The van der Waals surface area contributed by atoms with Crippen LogP contribution in [-0.4, -0.2) is 10.9 Å². The van der Waals surface area contributed by atoms with E-state index in [4.69, 9.17) is 11.5 Å². The quantitative estimate of drug-likeness (QED) is 0.540. The third-order valence-corrected chi connectivity index (χ3v) is 2.13. The molecule has 2 aromatic rings. The molecule has 4 nitrogen and oxygen atoms in total. The summed E-state index contributed by atoms with van der Waals surface area (Å²) in [5.74, 6) is 0.586. The van der Waals surface area contributed by atoms with Gasteiger partial charge in [0.1, 0.15) is 0 Å². The maximum atomic E-state index is 5.33. The molecular formula is C11H12N4. The Bertz CT molecular complexity index is 527. The molecule has 4 heteroatoms. The number of hydrogen-bond donors (Lipinski definition) is 2. The number of fused-ring (bicyclic) bond motifs is 1. The molecule has 4 N–H and O–H groups in total. The van der Waals surface area contributed by atoms with Crippen LogP contribution in [0.2, 0.25) is 0 Å². The molecule has 1 aromatic carbocycles. The number of aliphatic imine (C=N–C) groups is 1. The van der Waals surface area contributed by atoms with Crippen LogP contribution in [-0.2, 0) is 0 Å². The third kappa shape index (κ3) is 1.88. The number of nitrogens with two attached hydrogens (primary N) is 2. The van der Waals surface area contributed by atoms with Crippen molar-refractivity contribution in [3.8, 4) is 0 Å². The van der Waals surface area contributed by atoms with Gasteiger partial charge in [0.25, 0.3) is 0 Å². The Morgan fingerprint density at radius 2 is 2.07 bits per heavy atom. The van der Waals surface area contributed by atoms with E-state index in [0.29, 0.717) is 5.82 Å². The first kappa shape index (κ1) is 9.45. The van der Waals surface area contributed by atoms with Crippen LogP contribution in [0.25, 0.3) is 10.8 Å². The maximum absolute atomic E-state index is 5.33. The van der Waals surface area contributed by atoms with E-state index < -0.39 is 0 Å². The molecule has 0 radical (unpaired) electrons. The fourth-order valence-electron chi connectivity index (χ4n) is 1.49. The third-order valence-electron chi connectivity index (χ3n) is 2.13. The van der Waals surface area contributed by atoms with Gasteiger partial charge < -0.3 is 11.5 Å². The van der Waals surface area contributed by atoms with Crippen molar-refractivity contribution in [2.75, 3.05) is 0 Å². The summed E-state index contributed by atoms with van der Waals surface area (Å²) in [7, 11) is 0. The second-order valence-electron chi connectivity index (χ2n) is 3.40. The van der Waals surface area contributed by atoms with E-state index in [1.165, 1.54) is 5.56 Å². The molecule has 2 rings (SSSR count). The van der Waals surface area contributed by atoms with E-state index >= 15 is 0 Å². The van der Waals surface area contributed by atoms with Crippen molar-refractivity contribution >= 4 is 22.5 Å². The fraction of sp³-hybridized carbons (Fsp3) is 0.0909. The smallest absolute Gasteiger partial charge is 0.192 e. The van der Waals surface area contributed by atoms with Gasteiger partial charge in [0.15, 0.2) is 11.8 Å². The fourth-order valence-corrected chi connectivity index (χ4v) is 1.49. The number of nitrogens with zero attached hydrogens (tertiary/aromatic N) is 2. The van der Waals surface area contributed by atoms with E-state index in [9.17, 15) is 0 Å². The van der Waals surface area contributed by atoms with E-state index in [1.807, 2.05) is 25.1 Å². The lowest BCUT2D eigenvalue weighted by atomic mass is 10.1. The van der Waals surface area contributed by atoms with Crippen LogP contribution < -0.4 is 11.5 Å². The zero-order chi connectivity index (χ0) is 10.8. The molecular weight excluding hydrogens is 188 g/mol. The van der Waals surface area contributed by atoms with Crippen molar-refractivity contribution in [2.45, 2.75) is 6.92 Å². The minimum atomic E-state index is 0.0237. The first-order valence-electron chi connectivity index (χ1n) is 4.62. The van der Waals surface area contributed by atoms with Gasteiger partial charge in [0.05, 0.1) is 0 Å². The summed E-state index contributed by atoms with van der Waals surface area (Å²) in [6, 6.07) is 7.99. The van der Waals surface area contributed by atoms with Gasteiger partial charge in [-0.3, -0.25) is 0 Å². The first-order valence-corrected chi connectivity index (χ1v) is 4.62. The van der Waals surface area contributed by atoms with Crippen LogP contribution in [0.1, 0.15) is 5.56 Å². The van der Waals surface area contributed by atoms with Crippen LogP contribution in [0.3, 0.4) is 0 Å². The number of aromatic nitrogens is 1. The molecule has 0 fully saturated rings. The van der Waals surface area contributed by atoms with Gasteiger partial charge in [-0.25, -0.2) is 4.98 Å². The number of aryl methyl sites for hydroxylation is 1. The van der Waals surface area contributed by atoms with Gasteiger partial charge in [-0.2, -0.15) is 4.99 Å². The second-order valence-corrected chi connectivity index (χ2v) is 3.40. The average Bonchev–Trinajstić information content (AvgIpc) is 2.16. The Hall–Kier alpha value is -2.10. The van der Waals surface area contributed by atoms with Crippen molar-refractivity contribution in [2.24, 2.45) is 16.5 Å². The standard InChI is InChI=1S/C11H12N4/c1-7-2-3-9-8(6-7)4-5-14-10(9)15-11(12)13/h2-6H,1H3,(H4,12,13,14,15). The lowest BCUT2D eigenvalue weighted by molar-refractivity contribution is 1.28. The normalized spacial score (nSPS) is 10.2. The zero-order valence-electron chi connectivity index (χ0n) is 8.44. The topological polar surface area (TPSA) is 77.3 Å². The second kappa shape index (κ2) is 3.57.